The van der Waals surface area contributed by atoms with Crippen LogP contribution >= 0.6 is 24.0 Å². The molecular formula is C18H26F3IN4O2. The van der Waals surface area contributed by atoms with Crippen LogP contribution in [-0.4, -0.2) is 44.7 Å². The number of hydrogen-bond acceptors (Lipinski definition) is 3. The van der Waals surface area contributed by atoms with Crippen LogP contribution in [0.1, 0.15) is 25.3 Å². The highest BCUT2D eigenvalue weighted by atomic mass is 127. The van der Waals surface area contributed by atoms with Crippen molar-refractivity contribution in [1.29, 1.82) is 0 Å². The second-order valence-corrected chi connectivity index (χ2v) is 6.10. The minimum atomic E-state index is -4.45. The molecule has 1 saturated carbocycles. The first-order chi connectivity index (χ1) is 12.9. The van der Waals surface area contributed by atoms with Crippen molar-refractivity contribution in [2.75, 3.05) is 32.8 Å². The average molecular weight is 514 g/mol. The lowest BCUT2D eigenvalue weighted by Crippen LogP contribution is -2.40. The molecule has 0 spiro atoms. The van der Waals surface area contributed by atoms with E-state index in [2.05, 4.69) is 20.9 Å². The summed E-state index contributed by atoms with van der Waals surface area (Å²) >= 11 is 0. The average Bonchev–Trinajstić information content (AvgIpc) is 3.46. The second kappa shape index (κ2) is 12.0. The molecule has 1 fully saturated rings. The number of aliphatic imine (C=N–C) groups is 1. The molecule has 1 amide bonds. The number of nitrogens with one attached hydrogen (secondary N) is 3. The second-order valence-electron chi connectivity index (χ2n) is 6.10. The molecule has 10 heteroatoms. The Balaban J connectivity index is 0.00000392. The normalized spacial score (nSPS) is 14.1. The van der Waals surface area contributed by atoms with E-state index >= 15 is 0 Å². The number of amides is 1. The Morgan fingerprint density at radius 1 is 1.18 bits per heavy atom. The van der Waals surface area contributed by atoms with Gasteiger partial charge in [0.15, 0.2) is 5.96 Å². The van der Waals surface area contributed by atoms with Gasteiger partial charge in [0.1, 0.15) is 12.4 Å². The van der Waals surface area contributed by atoms with Gasteiger partial charge in [-0.2, -0.15) is 13.2 Å². The van der Waals surface area contributed by atoms with Crippen LogP contribution in [0.25, 0.3) is 0 Å². The smallest absolute Gasteiger partial charge is 0.419 e. The van der Waals surface area contributed by atoms with E-state index < -0.39 is 11.7 Å². The fourth-order valence-electron chi connectivity index (χ4n) is 2.34. The maximum absolute atomic E-state index is 12.9. The van der Waals surface area contributed by atoms with Gasteiger partial charge in [-0.1, -0.05) is 12.1 Å². The van der Waals surface area contributed by atoms with Crippen LogP contribution in [-0.2, 0) is 11.0 Å². The molecule has 3 N–H and O–H groups in total. The monoisotopic (exact) mass is 514 g/mol. The Hall–Kier alpha value is -1.72. The molecule has 6 nitrogen and oxygen atoms in total. The SMILES string of the molecule is CCNC(=NCCNC(=O)C1CC1)NCCOc1ccccc1C(F)(F)F.I. The number of benzene rings is 1. The van der Waals surface area contributed by atoms with E-state index in [1.807, 2.05) is 6.92 Å². The van der Waals surface area contributed by atoms with E-state index in [0.29, 0.717) is 25.6 Å². The van der Waals surface area contributed by atoms with Crippen molar-refractivity contribution in [3.63, 3.8) is 0 Å². The zero-order valence-electron chi connectivity index (χ0n) is 15.6. The first kappa shape index (κ1) is 24.3. The van der Waals surface area contributed by atoms with Crippen molar-refractivity contribution in [3.05, 3.63) is 29.8 Å². The zero-order valence-corrected chi connectivity index (χ0v) is 18.0. The maximum atomic E-state index is 12.9. The standard InChI is InChI=1S/C18H25F3N4O2.HI/c1-2-22-17(24-10-9-23-16(26)13-7-8-13)25-11-12-27-15-6-4-3-5-14(15)18(19,20)21;/h3-6,13H,2,7-12H2,1H3,(H,23,26)(H2,22,24,25);1H. The third kappa shape index (κ3) is 8.53. The lowest BCUT2D eigenvalue weighted by Gasteiger charge is -2.15. The Morgan fingerprint density at radius 2 is 1.89 bits per heavy atom. The van der Waals surface area contributed by atoms with Crippen molar-refractivity contribution in [1.82, 2.24) is 16.0 Å². The molecule has 158 valence electrons. The van der Waals surface area contributed by atoms with Gasteiger partial charge in [0, 0.05) is 19.0 Å². The van der Waals surface area contributed by atoms with Crippen LogP contribution < -0.4 is 20.7 Å². The number of rotatable bonds is 9. The summed E-state index contributed by atoms with van der Waals surface area (Å²) in [7, 11) is 0. The summed E-state index contributed by atoms with van der Waals surface area (Å²) in [5.41, 5.74) is -0.794. The molecule has 0 saturated heterocycles. The van der Waals surface area contributed by atoms with Gasteiger partial charge in [-0.15, -0.1) is 24.0 Å². The topological polar surface area (TPSA) is 74.8 Å². The van der Waals surface area contributed by atoms with Crippen LogP contribution in [0.4, 0.5) is 13.2 Å². The molecule has 0 aromatic heterocycles. The molecule has 0 heterocycles. The van der Waals surface area contributed by atoms with E-state index in [0.717, 1.165) is 18.9 Å². The van der Waals surface area contributed by atoms with Gasteiger partial charge in [0.05, 0.1) is 18.7 Å². The predicted molar refractivity (Wildman–Crippen MR) is 112 cm³/mol. The molecule has 0 unspecified atom stereocenters. The van der Waals surface area contributed by atoms with Crippen molar-refractivity contribution in [3.8, 4) is 5.75 Å². The predicted octanol–water partition coefficient (Wildman–Crippen LogP) is 2.78. The molecule has 0 radical (unpaired) electrons. The molecule has 2 rings (SSSR count). The minimum Gasteiger partial charge on any atom is -0.491 e. The van der Waals surface area contributed by atoms with Crippen molar-refractivity contribution in [2.24, 2.45) is 10.9 Å². The summed E-state index contributed by atoms with van der Waals surface area (Å²) in [5, 5.41) is 8.84. The molecule has 1 aliphatic carbocycles. The maximum Gasteiger partial charge on any atom is 0.419 e. The van der Waals surface area contributed by atoms with Gasteiger partial charge < -0.3 is 20.7 Å². The van der Waals surface area contributed by atoms with Crippen LogP contribution in [0.2, 0.25) is 0 Å². The summed E-state index contributed by atoms with van der Waals surface area (Å²) in [6.07, 6.45) is -2.54. The molecular weight excluding hydrogens is 488 g/mol. The summed E-state index contributed by atoms with van der Waals surface area (Å²) in [6, 6.07) is 5.11. The summed E-state index contributed by atoms with van der Waals surface area (Å²) in [4.78, 5) is 15.8. The molecule has 0 atom stereocenters. The Bertz CT molecular complexity index is 652. The highest BCUT2D eigenvalue weighted by Gasteiger charge is 2.34. The van der Waals surface area contributed by atoms with Crippen LogP contribution in [0.3, 0.4) is 0 Å². The number of carbonyl (C=O) groups is 1. The minimum absolute atomic E-state index is 0. The van der Waals surface area contributed by atoms with Crippen LogP contribution in [0.15, 0.2) is 29.3 Å². The molecule has 1 aliphatic rings. The number of guanidine groups is 1. The Labute approximate surface area is 179 Å². The van der Waals surface area contributed by atoms with Gasteiger partial charge in [-0.25, -0.2) is 0 Å². The third-order valence-corrected chi connectivity index (χ3v) is 3.82. The first-order valence-electron chi connectivity index (χ1n) is 9.00. The van der Waals surface area contributed by atoms with Crippen molar-refractivity contribution in [2.45, 2.75) is 25.9 Å². The lowest BCUT2D eigenvalue weighted by molar-refractivity contribution is -0.139. The van der Waals surface area contributed by atoms with Gasteiger partial charge >= 0.3 is 6.18 Å². The Kier molecular flexibility index (Phi) is 10.4. The highest BCUT2D eigenvalue weighted by Crippen LogP contribution is 2.35. The largest absolute Gasteiger partial charge is 0.491 e. The fraction of sp³-hybridized carbons (Fsp3) is 0.556. The van der Waals surface area contributed by atoms with E-state index in [4.69, 9.17) is 4.74 Å². The first-order valence-corrected chi connectivity index (χ1v) is 9.00. The fourth-order valence-corrected chi connectivity index (χ4v) is 2.34. The third-order valence-electron chi connectivity index (χ3n) is 3.82. The van der Waals surface area contributed by atoms with E-state index in [9.17, 15) is 18.0 Å². The molecule has 28 heavy (non-hydrogen) atoms. The molecule has 1 aromatic carbocycles. The molecule has 0 aliphatic heterocycles. The van der Waals surface area contributed by atoms with E-state index in [-0.39, 0.29) is 54.7 Å². The van der Waals surface area contributed by atoms with Crippen molar-refractivity contribution < 1.29 is 22.7 Å². The number of alkyl halides is 3. The van der Waals surface area contributed by atoms with Gasteiger partial charge in [0.25, 0.3) is 0 Å². The van der Waals surface area contributed by atoms with Gasteiger partial charge in [-0.3, -0.25) is 9.79 Å². The van der Waals surface area contributed by atoms with Gasteiger partial charge in [-0.05, 0) is 31.9 Å². The van der Waals surface area contributed by atoms with E-state index in [1.54, 1.807) is 0 Å². The number of halogens is 4. The van der Waals surface area contributed by atoms with Gasteiger partial charge in [0.2, 0.25) is 5.91 Å². The van der Waals surface area contributed by atoms with E-state index in [1.165, 1.54) is 18.2 Å². The van der Waals surface area contributed by atoms with Crippen LogP contribution in [0.5, 0.6) is 5.75 Å². The quantitative estimate of drug-likeness (QED) is 0.205. The number of nitrogens with zero attached hydrogens (tertiary/aromatic N) is 1. The lowest BCUT2D eigenvalue weighted by atomic mass is 10.2. The number of para-hydroxylation sites is 1. The molecule has 1 aromatic rings. The number of ether oxygens (including phenoxy) is 1. The number of carbonyl (C=O) groups excluding carboxylic acids is 1. The highest BCUT2D eigenvalue weighted by molar-refractivity contribution is 14.0. The Morgan fingerprint density at radius 3 is 2.54 bits per heavy atom. The summed E-state index contributed by atoms with van der Waals surface area (Å²) < 4.78 is 44.0. The molecule has 0 bridgehead atoms. The summed E-state index contributed by atoms with van der Waals surface area (Å²) in [5.74, 6) is 0.555. The zero-order chi connectivity index (χ0) is 19.7. The summed E-state index contributed by atoms with van der Waals surface area (Å²) in [6.45, 7) is 3.73. The van der Waals surface area contributed by atoms with Crippen LogP contribution in [0, 0.1) is 5.92 Å². The van der Waals surface area contributed by atoms with Crippen molar-refractivity contribution >= 4 is 35.8 Å². The number of hydrogen-bond donors (Lipinski definition) is 3.